The summed E-state index contributed by atoms with van der Waals surface area (Å²) in [6.45, 7) is 5.80. The van der Waals surface area contributed by atoms with Crippen molar-refractivity contribution in [2.45, 2.75) is 38.6 Å². The zero-order chi connectivity index (χ0) is 13.9. The van der Waals surface area contributed by atoms with E-state index < -0.39 is 0 Å². The van der Waals surface area contributed by atoms with Crippen molar-refractivity contribution < 1.29 is 4.79 Å². The molecular weight excluding hydrogens is 248 g/mol. The van der Waals surface area contributed by atoms with Crippen LogP contribution < -0.4 is 0 Å². The number of nitrogens with zero attached hydrogens (tertiary/aromatic N) is 2. The third-order valence-electron chi connectivity index (χ3n) is 4.60. The number of hydrogen-bond donors (Lipinski definition) is 0. The van der Waals surface area contributed by atoms with Crippen molar-refractivity contribution in [2.75, 3.05) is 26.2 Å². The van der Waals surface area contributed by atoms with Gasteiger partial charge in [0.1, 0.15) is 0 Å². The maximum atomic E-state index is 12.4. The lowest BCUT2D eigenvalue weighted by atomic mass is 9.90. The summed E-state index contributed by atoms with van der Waals surface area (Å²) in [5.41, 5.74) is 2.80. The van der Waals surface area contributed by atoms with Crippen LogP contribution in [-0.2, 0) is 11.2 Å². The van der Waals surface area contributed by atoms with Crippen molar-refractivity contribution in [1.29, 1.82) is 0 Å². The largest absolute Gasteiger partial charge is 0.333 e. The highest BCUT2D eigenvalue weighted by molar-refractivity contribution is 5.80. The molecule has 1 fully saturated rings. The number of rotatable bonds is 4. The van der Waals surface area contributed by atoms with Gasteiger partial charge in [0.25, 0.3) is 0 Å². The van der Waals surface area contributed by atoms with E-state index in [1.807, 2.05) is 0 Å². The van der Waals surface area contributed by atoms with Crippen LogP contribution in [0.3, 0.4) is 0 Å². The van der Waals surface area contributed by atoms with Gasteiger partial charge in [0.15, 0.2) is 0 Å². The zero-order valence-electron chi connectivity index (χ0n) is 12.3. The van der Waals surface area contributed by atoms with E-state index in [1.165, 1.54) is 30.4 Å². The SMILES string of the molecule is CCCCCN1CC(=O)N2CCc3ccccc3C2C1. The van der Waals surface area contributed by atoms with Crippen LogP contribution in [0, 0.1) is 0 Å². The molecule has 0 N–H and O–H groups in total. The molecule has 3 heteroatoms. The molecule has 0 bridgehead atoms. The zero-order valence-corrected chi connectivity index (χ0v) is 12.3. The smallest absolute Gasteiger partial charge is 0.237 e. The molecular formula is C17H24N2O. The topological polar surface area (TPSA) is 23.6 Å². The molecule has 0 spiro atoms. The van der Waals surface area contributed by atoms with E-state index in [-0.39, 0.29) is 6.04 Å². The van der Waals surface area contributed by atoms with Crippen LogP contribution in [-0.4, -0.2) is 41.9 Å². The van der Waals surface area contributed by atoms with Crippen LogP contribution in [0.1, 0.15) is 43.4 Å². The Morgan fingerprint density at radius 3 is 2.95 bits per heavy atom. The average molecular weight is 272 g/mol. The quantitative estimate of drug-likeness (QED) is 0.787. The number of unbranched alkanes of at least 4 members (excludes halogenated alkanes) is 2. The molecule has 2 aliphatic heterocycles. The van der Waals surface area contributed by atoms with E-state index in [0.717, 1.165) is 26.1 Å². The molecule has 2 aliphatic rings. The summed E-state index contributed by atoms with van der Waals surface area (Å²) < 4.78 is 0. The second kappa shape index (κ2) is 5.96. The Kier molecular flexibility index (Phi) is 4.06. The Bertz CT molecular complexity index is 486. The van der Waals surface area contributed by atoms with Crippen LogP contribution >= 0.6 is 0 Å². The molecule has 1 aromatic carbocycles. The molecule has 0 saturated carbocycles. The second-order valence-corrected chi connectivity index (χ2v) is 5.99. The monoisotopic (exact) mass is 272 g/mol. The first-order valence-corrected chi connectivity index (χ1v) is 7.89. The average Bonchev–Trinajstić information content (AvgIpc) is 2.47. The molecule has 1 aromatic rings. The van der Waals surface area contributed by atoms with Gasteiger partial charge < -0.3 is 4.90 Å². The van der Waals surface area contributed by atoms with E-state index in [0.29, 0.717) is 12.5 Å². The Labute approximate surface area is 121 Å². The standard InChI is InChI=1S/C17H24N2O/c1-2-3-6-10-18-12-16-15-8-5-4-7-14(15)9-11-19(16)17(20)13-18/h4-5,7-8,16H,2-3,6,9-13H2,1H3. The highest BCUT2D eigenvalue weighted by Crippen LogP contribution is 2.32. The fraction of sp³-hybridized carbons (Fsp3) is 0.588. The molecule has 1 saturated heterocycles. The molecule has 1 amide bonds. The minimum atomic E-state index is 0.280. The molecule has 20 heavy (non-hydrogen) atoms. The van der Waals surface area contributed by atoms with E-state index >= 15 is 0 Å². The normalized spacial score (nSPS) is 22.6. The molecule has 0 aromatic heterocycles. The van der Waals surface area contributed by atoms with Gasteiger partial charge in [-0.15, -0.1) is 0 Å². The van der Waals surface area contributed by atoms with Crippen molar-refractivity contribution in [1.82, 2.24) is 9.80 Å². The highest BCUT2D eigenvalue weighted by atomic mass is 16.2. The van der Waals surface area contributed by atoms with Crippen LogP contribution in [0.15, 0.2) is 24.3 Å². The Morgan fingerprint density at radius 1 is 1.25 bits per heavy atom. The first-order chi connectivity index (χ1) is 9.79. The van der Waals surface area contributed by atoms with Crippen molar-refractivity contribution >= 4 is 5.91 Å². The predicted molar refractivity (Wildman–Crippen MR) is 80.6 cm³/mol. The number of hydrogen-bond acceptors (Lipinski definition) is 2. The summed E-state index contributed by atoms with van der Waals surface area (Å²) in [7, 11) is 0. The van der Waals surface area contributed by atoms with E-state index in [2.05, 4.69) is 41.0 Å². The maximum absolute atomic E-state index is 12.4. The molecule has 3 nitrogen and oxygen atoms in total. The second-order valence-electron chi connectivity index (χ2n) is 5.99. The van der Waals surface area contributed by atoms with Crippen LogP contribution in [0.25, 0.3) is 0 Å². The number of fused-ring (bicyclic) bond motifs is 3. The minimum absolute atomic E-state index is 0.280. The van der Waals surface area contributed by atoms with Crippen molar-refractivity contribution in [3.8, 4) is 0 Å². The van der Waals surface area contributed by atoms with Gasteiger partial charge in [-0.1, -0.05) is 44.0 Å². The van der Waals surface area contributed by atoms with Gasteiger partial charge in [0, 0.05) is 13.1 Å². The number of benzene rings is 1. The summed E-state index contributed by atoms with van der Waals surface area (Å²) in [6, 6.07) is 8.91. The Morgan fingerprint density at radius 2 is 2.10 bits per heavy atom. The van der Waals surface area contributed by atoms with Gasteiger partial charge in [-0.2, -0.15) is 0 Å². The number of piperazine rings is 1. The van der Waals surface area contributed by atoms with Gasteiger partial charge in [-0.05, 0) is 30.5 Å². The summed E-state index contributed by atoms with van der Waals surface area (Å²) in [4.78, 5) is 16.8. The van der Waals surface area contributed by atoms with E-state index in [9.17, 15) is 4.79 Å². The third kappa shape index (κ3) is 2.59. The third-order valence-corrected chi connectivity index (χ3v) is 4.60. The van der Waals surface area contributed by atoms with E-state index in [4.69, 9.17) is 0 Å². The highest BCUT2D eigenvalue weighted by Gasteiger charge is 2.36. The summed E-state index contributed by atoms with van der Waals surface area (Å²) in [5.74, 6) is 0.312. The molecule has 0 aliphatic carbocycles. The summed E-state index contributed by atoms with van der Waals surface area (Å²) in [6.07, 6.45) is 4.71. The molecule has 1 atom stereocenters. The van der Waals surface area contributed by atoms with Crippen LogP contribution in [0.5, 0.6) is 0 Å². The molecule has 0 radical (unpaired) electrons. The minimum Gasteiger partial charge on any atom is -0.333 e. The van der Waals surface area contributed by atoms with Crippen LogP contribution in [0.2, 0.25) is 0 Å². The number of carbonyl (C=O) groups excluding carboxylic acids is 1. The molecule has 2 heterocycles. The first kappa shape index (κ1) is 13.6. The first-order valence-electron chi connectivity index (χ1n) is 7.89. The fourth-order valence-electron chi connectivity index (χ4n) is 3.49. The van der Waals surface area contributed by atoms with Gasteiger partial charge in [0.2, 0.25) is 5.91 Å². The fourth-order valence-corrected chi connectivity index (χ4v) is 3.49. The van der Waals surface area contributed by atoms with Crippen molar-refractivity contribution in [2.24, 2.45) is 0 Å². The summed E-state index contributed by atoms with van der Waals surface area (Å²) >= 11 is 0. The molecule has 3 rings (SSSR count). The van der Waals surface area contributed by atoms with Gasteiger partial charge in [0.05, 0.1) is 12.6 Å². The molecule has 1 unspecified atom stereocenters. The van der Waals surface area contributed by atoms with Gasteiger partial charge >= 0.3 is 0 Å². The molecule has 108 valence electrons. The maximum Gasteiger partial charge on any atom is 0.237 e. The summed E-state index contributed by atoms with van der Waals surface area (Å²) in [5, 5.41) is 0. The Hall–Kier alpha value is -1.35. The van der Waals surface area contributed by atoms with Gasteiger partial charge in [-0.3, -0.25) is 9.69 Å². The van der Waals surface area contributed by atoms with Crippen molar-refractivity contribution in [3.63, 3.8) is 0 Å². The van der Waals surface area contributed by atoms with Gasteiger partial charge in [-0.25, -0.2) is 0 Å². The van der Waals surface area contributed by atoms with Crippen molar-refractivity contribution in [3.05, 3.63) is 35.4 Å². The Balaban J connectivity index is 1.75. The lowest BCUT2D eigenvalue weighted by molar-refractivity contribution is -0.140. The lowest BCUT2D eigenvalue weighted by Crippen LogP contribution is -2.54. The number of amides is 1. The lowest BCUT2D eigenvalue weighted by Gasteiger charge is -2.44. The number of carbonyl (C=O) groups is 1. The van der Waals surface area contributed by atoms with Crippen LogP contribution in [0.4, 0.5) is 0 Å². The van der Waals surface area contributed by atoms with E-state index in [1.54, 1.807) is 0 Å². The predicted octanol–water partition coefficient (Wildman–Crippen LogP) is 2.62.